The Kier molecular flexibility index (Phi) is 5.30. The number of aromatic nitrogens is 2. The summed E-state index contributed by atoms with van der Waals surface area (Å²) in [6.07, 6.45) is -1.17. The first-order valence-corrected chi connectivity index (χ1v) is 5.16. The van der Waals surface area contributed by atoms with Gasteiger partial charge in [-0.1, -0.05) is 6.92 Å². The standard InChI is InChI=1S/C10H14F3N3O/c1-2-14-3-8-4-15-9(16-5-8)6-17-7-10(11,12)13/h4-5,14H,2-3,6-7H2,1H3. The summed E-state index contributed by atoms with van der Waals surface area (Å²) in [5, 5.41) is 3.09. The van der Waals surface area contributed by atoms with E-state index in [1.807, 2.05) is 6.92 Å². The molecule has 0 aliphatic carbocycles. The molecule has 0 atom stereocenters. The average Bonchev–Trinajstić information content (AvgIpc) is 2.26. The van der Waals surface area contributed by atoms with E-state index in [1.165, 1.54) is 0 Å². The minimum absolute atomic E-state index is 0.235. The van der Waals surface area contributed by atoms with Crippen molar-refractivity contribution in [2.75, 3.05) is 13.2 Å². The van der Waals surface area contributed by atoms with Gasteiger partial charge in [0, 0.05) is 24.5 Å². The van der Waals surface area contributed by atoms with Gasteiger partial charge in [0.2, 0.25) is 0 Å². The monoisotopic (exact) mass is 249 g/mol. The second kappa shape index (κ2) is 6.51. The minimum Gasteiger partial charge on any atom is -0.364 e. The summed E-state index contributed by atoms with van der Waals surface area (Å²) in [5.74, 6) is 0.245. The third-order valence-electron chi connectivity index (χ3n) is 1.83. The fourth-order valence-corrected chi connectivity index (χ4v) is 1.07. The lowest BCUT2D eigenvalue weighted by Gasteiger charge is -2.07. The van der Waals surface area contributed by atoms with E-state index in [2.05, 4.69) is 20.0 Å². The molecule has 0 fully saturated rings. The number of halogens is 3. The zero-order chi connectivity index (χ0) is 12.7. The molecule has 0 amide bonds. The van der Waals surface area contributed by atoms with Gasteiger partial charge < -0.3 is 10.1 Å². The van der Waals surface area contributed by atoms with Crippen LogP contribution in [0.15, 0.2) is 12.4 Å². The second-order valence-electron chi connectivity index (χ2n) is 3.40. The molecule has 17 heavy (non-hydrogen) atoms. The van der Waals surface area contributed by atoms with Gasteiger partial charge in [-0.3, -0.25) is 0 Å². The maximum atomic E-state index is 11.8. The van der Waals surface area contributed by atoms with Crippen LogP contribution in [0.5, 0.6) is 0 Å². The van der Waals surface area contributed by atoms with Gasteiger partial charge in [-0.2, -0.15) is 13.2 Å². The third-order valence-corrected chi connectivity index (χ3v) is 1.83. The zero-order valence-corrected chi connectivity index (χ0v) is 9.42. The van der Waals surface area contributed by atoms with Crippen LogP contribution in [0.1, 0.15) is 18.3 Å². The highest BCUT2D eigenvalue weighted by atomic mass is 19.4. The smallest absolute Gasteiger partial charge is 0.364 e. The van der Waals surface area contributed by atoms with Gasteiger partial charge in [-0.15, -0.1) is 0 Å². The van der Waals surface area contributed by atoms with Crippen LogP contribution in [0, 0.1) is 0 Å². The van der Waals surface area contributed by atoms with Gasteiger partial charge in [0.1, 0.15) is 13.2 Å². The molecule has 0 saturated heterocycles. The number of nitrogens with zero attached hydrogens (tertiary/aromatic N) is 2. The molecule has 1 aromatic heterocycles. The molecule has 0 saturated carbocycles. The summed E-state index contributed by atoms with van der Waals surface area (Å²) in [5.41, 5.74) is 0.881. The van der Waals surface area contributed by atoms with E-state index in [1.54, 1.807) is 12.4 Å². The highest BCUT2D eigenvalue weighted by Crippen LogP contribution is 2.14. The first-order valence-electron chi connectivity index (χ1n) is 5.16. The van der Waals surface area contributed by atoms with Crippen molar-refractivity contribution in [1.82, 2.24) is 15.3 Å². The van der Waals surface area contributed by atoms with Crippen LogP contribution >= 0.6 is 0 Å². The van der Waals surface area contributed by atoms with Crippen LogP contribution in [0.2, 0.25) is 0 Å². The summed E-state index contributed by atoms with van der Waals surface area (Å²) < 4.78 is 39.8. The van der Waals surface area contributed by atoms with Gasteiger partial charge in [0.05, 0.1) is 0 Å². The largest absolute Gasteiger partial charge is 0.411 e. The SMILES string of the molecule is CCNCc1cnc(COCC(F)(F)F)nc1. The van der Waals surface area contributed by atoms with Crippen LogP contribution in [0.25, 0.3) is 0 Å². The number of alkyl halides is 3. The lowest BCUT2D eigenvalue weighted by Crippen LogP contribution is -2.17. The molecule has 96 valence electrons. The Hall–Kier alpha value is -1.21. The van der Waals surface area contributed by atoms with E-state index in [0.717, 1.165) is 12.1 Å². The Labute approximate surface area is 97.2 Å². The molecule has 1 heterocycles. The topological polar surface area (TPSA) is 47.0 Å². The van der Waals surface area contributed by atoms with Crippen LogP contribution in [0.3, 0.4) is 0 Å². The summed E-state index contributed by atoms with van der Waals surface area (Å²) in [6, 6.07) is 0. The molecule has 0 unspecified atom stereocenters. The third kappa shape index (κ3) is 6.18. The number of nitrogens with one attached hydrogen (secondary N) is 1. The Morgan fingerprint density at radius 2 is 1.94 bits per heavy atom. The Bertz CT molecular complexity index is 327. The molecule has 1 rings (SSSR count). The predicted octanol–water partition coefficient (Wildman–Crippen LogP) is 1.66. The normalized spacial score (nSPS) is 11.8. The van der Waals surface area contributed by atoms with Crippen LogP contribution in [0.4, 0.5) is 13.2 Å². The molecule has 0 aliphatic rings. The fourth-order valence-electron chi connectivity index (χ4n) is 1.07. The number of hydrogen-bond donors (Lipinski definition) is 1. The Morgan fingerprint density at radius 1 is 1.29 bits per heavy atom. The van der Waals surface area contributed by atoms with E-state index in [9.17, 15) is 13.2 Å². The van der Waals surface area contributed by atoms with Crippen molar-refractivity contribution in [2.24, 2.45) is 0 Å². The van der Waals surface area contributed by atoms with Crippen molar-refractivity contribution in [1.29, 1.82) is 0 Å². The summed E-state index contributed by atoms with van der Waals surface area (Å²) >= 11 is 0. The van der Waals surface area contributed by atoms with Crippen molar-refractivity contribution >= 4 is 0 Å². The molecule has 0 aromatic carbocycles. The van der Waals surface area contributed by atoms with Crippen molar-refractivity contribution < 1.29 is 17.9 Å². The highest BCUT2D eigenvalue weighted by Gasteiger charge is 2.27. The number of hydrogen-bond acceptors (Lipinski definition) is 4. The molecule has 0 spiro atoms. The van der Waals surface area contributed by atoms with Crippen molar-refractivity contribution in [3.8, 4) is 0 Å². The van der Waals surface area contributed by atoms with Crippen molar-refractivity contribution in [2.45, 2.75) is 26.3 Å². The van der Waals surface area contributed by atoms with E-state index < -0.39 is 12.8 Å². The highest BCUT2D eigenvalue weighted by molar-refractivity contribution is 5.04. The molecular formula is C10H14F3N3O. The Balaban J connectivity index is 2.35. The van der Waals surface area contributed by atoms with Crippen LogP contribution in [-0.4, -0.2) is 29.3 Å². The maximum absolute atomic E-state index is 11.8. The quantitative estimate of drug-likeness (QED) is 0.833. The first-order chi connectivity index (χ1) is 8.01. The van der Waals surface area contributed by atoms with Gasteiger partial charge in [-0.25, -0.2) is 9.97 Å². The summed E-state index contributed by atoms with van der Waals surface area (Å²) in [4.78, 5) is 7.82. The molecule has 1 aromatic rings. The lowest BCUT2D eigenvalue weighted by atomic mass is 10.3. The molecular weight excluding hydrogens is 235 g/mol. The lowest BCUT2D eigenvalue weighted by molar-refractivity contribution is -0.177. The first kappa shape index (κ1) is 13.9. The Morgan fingerprint density at radius 3 is 2.47 bits per heavy atom. The van der Waals surface area contributed by atoms with Crippen LogP contribution < -0.4 is 5.32 Å². The summed E-state index contributed by atoms with van der Waals surface area (Å²) in [7, 11) is 0. The fraction of sp³-hybridized carbons (Fsp3) is 0.600. The van der Waals surface area contributed by atoms with Gasteiger partial charge in [0.15, 0.2) is 5.82 Å². The summed E-state index contributed by atoms with van der Waals surface area (Å²) in [6.45, 7) is 1.92. The molecule has 1 N–H and O–H groups in total. The van der Waals surface area contributed by atoms with Gasteiger partial charge in [0.25, 0.3) is 0 Å². The maximum Gasteiger partial charge on any atom is 0.411 e. The zero-order valence-electron chi connectivity index (χ0n) is 9.42. The molecule has 0 radical (unpaired) electrons. The van der Waals surface area contributed by atoms with Crippen molar-refractivity contribution in [3.05, 3.63) is 23.8 Å². The average molecular weight is 249 g/mol. The van der Waals surface area contributed by atoms with E-state index in [0.29, 0.717) is 6.54 Å². The van der Waals surface area contributed by atoms with Crippen LogP contribution in [-0.2, 0) is 17.9 Å². The van der Waals surface area contributed by atoms with E-state index in [4.69, 9.17) is 0 Å². The number of ether oxygens (including phenoxy) is 1. The molecule has 0 bridgehead atoms. The van der Waals surface area contributed by atoms with E-state index >= 15 is 0 Å². The van der Waals surface area contributed by atoms with Crippen molar-refractivity contribution in [3.63, 3.8) is 0 Å². The molecule has 7 heteroatoms. The number of rotatable bonds is 6. The minimum atomic E-state index is -4.31. The van der Waals surface area contributed by atoms with Gasteiger partial charge >= 0.3 is 6.18 Å². The molecule has 4 nitrogen and oxygen atoms in total. The second-order valence-corrected chi connectivity index (χ2v) is 3.40. The van der Waals surface area contributed by atoms with E-state index in [-0.39, 0.29) is 12.4 Å². The van der Waals surface area contributed by atoms with Gasteiger partial charge in [-0.05, 0) is 6.54 Å². The molecule has 0 aliphatic heterocycles. The predicted molar refractivity (Wildman–Crippen MR) is 55.1 cm³/mol.